The lowest BCUT2D eigenvalue weighted by molar-refractivity contribution is 0.405. The summed E-state index contributed by atoms with van der Waals surface area (Å²) in [5.41, 5.74) is 6.75. The van der Waals surface area contributed by atoms with Gasteiger partial charge in [-0.15, -0.1) is 0 Å². The average Bonchev–Trinajstić information content (AvgIpc) is 2.51. The van der Waals surface area contributed by atoms with Crippen molar-refractivity contribution in [2.45, 2.75) is 9.79 Å². The van der Waals surface area contributed by atoms with Crippen molar-refractivity contribution >= 4 is 28.2 Å². The molecule has 0 fully saturated rings. The molecule has 0 bridgehead atoms. The first-order chi connectivity index (χ1) is 9.79. The molecule has 100 valence electrons. The second-order valence-corrected chi connectivity index (χ2v) is 5.41. The lowest BCUT2D eigenvalue weighted by Crippen LogP contribution is -1.90. The first-order valence-electron chi connectivity index (χ1n) is 6.22. The highest BCUT2D eigenvalue weighted by Gasteiger charge is 2.08. The molecule has 3 rings (SSSR count). The predicted molar refractivity (Wildman–Crippen MR) is 83.3 cm³/mol. The monoisotopic (exact) mass is 282 g/mol. The molecule has 0 atom stereocenters. The minimum absolute atomic E-state index is 0.748. The van der Waals surface area contributed by atoms with Crippen LogP contribution in [0.2, 0.25) is 0 Å². The summed E-state index contributed by atoms with van der Waals surface area (Å²) in [5, 5.41) is 2.09. The average molecular weight is 282 g/mol. The maximum Gasteiger partial charge on any atom is 0.132 e. The van der Waals surface area contributed by atoms with Crippen LogP contribution in [0.3, 0.4) is 0 Å². The lowest BCUT2D eigenvalue weighted by atomic mass is 10.1. The van der Waals surface area contributed by atoms with Gasteiger partial charge in [0.1, 0.15) is 5.75 Å². The van der Waals surface area contributed by atoms with Crippen LogP contribution in [0.15, 0.2) is 64.6 Å². The Morgan fingerprint density at radius 3 is 2.70 bits per heavy atom. The van der Waals surface area contributed by atoms with E-state index in [2.05, 4.69) is 4.98 Å². The van der Waals surface area contributed by atoms with E-state index in [0.29, 0.717) is 0 Å². The molecule has 4 heteroatoms. The number of hydrogen-bond acceptors (Lipinski definition) is 4. The molecule has 1 aromatic heterocycles. The number of rotatable bonds is 3. The maximum atomic E-state index is 6.00. The first kappa shape index (κ1) is 12.8. The van der Waals surface area contributed by atoms with Crippen LogP contribution in [0.4, 0.5) is 5.69 Å². The highest BCUT2D eigenvalue weighted by Crippen LogP contribution is 2.39. The predicted octanol–water partition coefficient (Wildman–Crippen LogP) is 3.98. The number of nitrogens with zero attached hydrogens (tertiary/aromatic N) is 1. The number of nitrogen functional groups attached to an aromatic ring is 1. The molecule has 3 aromatic rings. The maximum absolute atomic E-state index is 6.00. The molecule has 0 spiro atoms. The molecule has 2 N–H and O–H groups in total. The van der Waals surface area contributed by atoms with Crippen LogP contribution in [0, 0.1) is 0 Å². The van der Waals surface area contributed by atoms with Gasteiger partial charge in [0, 0.05) is 33.7 Å². The minimum atomic E-state index is 0.748. The third-order valence-electron chi connectivity index (χ3n) is 3.10. The van der Waals surface area contributed by atoms with Gasteiger partial charge in [-0.25, -0.2) is 0 Å². The molecule has 0 aliphatic carbocycles. The fraction of sp³-hybridized carbons (Fsp3) is 0.0625. The zero-order valence-corrected chi connectivity index (χ0v) is 11.9. The van der Waals surface area contributed by atoms with Crippen LogP contribution in [0.1, 0.15) is 0 Å². The molecule has 0 unspecified atom stereocenters. The van der Waals surface area contributed by atoms with E-state index in [1.54, 1.807) is 31.3 Å². The second kappa shape index (κ2) is 5.43. The number of ether oxygens (including phenoxy) is 1. The van der Waals surface area contributed by atoms with E-state index in [1.807, 2.05) is 42.5 Å². The summed E-state index contributed by atoms with van der Waals surface area (Å²) in [7, 11) is 1.68. The Kier molecular flexibility index (Phi) is 3.48. The van der Waals surface area contributed by atoms with Crippen molar-refractivity contribution in [3.63, 3.8) is 0 Å². The third-order valence-corrected chi connectivity index (χ3v) is 4.23. The highest BCUT2D eigenvalue weighted by molar-refractivity contribution is 7.99. The summed E-state index contributed by atoms with van der Waals surface area (Å²) < 4.78 is 5.40. The van der Waals surface area contributed by atoms with Gasteiger partial charge in [0.25, 0.3) is 0 Å². The number of methoxy groups -OCH3 is 1. The molecule has 2 aromatic carbocycles. The Bertz CT molecular complexity index is 758. The van der Waals surface area contributed by atoms with Gasteiger partial charge in [0.15, 0.2) is 0 Å². The highest BCUT2D eigenvalue weighted by atomic mass is 32.2. The number of aromatic nitrogens is 1. The Labute approximate surface area is 121 Å². The van der Waals surface area contributed by atoms with Crippen LogP contribution in [0.5, 0.6) is 5.75 Å². The fourth-order valence-corrected chi connectivity index (χ4v) is 3.15. The van der Waals surface area contributed by atoms with Crippen LogP contribution in [-0.2, 0) is 0 Å². The SMILES string of the molecule is COc1ccccc1Sc1ccc(N)c2cnccc12. The van der Waals surface area contributed by atoms with E-state index in [-0.39, 0.29) is 0 Å². The van der Waals surface area contributed by atoms with Gasteiger partial charge in [-0.05, 0) is 30.3 Å². The van der Waals surface area contributed by atoms with Gasteiger partial charge >= 0.3 is 0 Å². The van der Waals surface area contributed by atoms with E-state index in [9.17, 15) is 0 Å². The van der Waals surface area contributed by atoms with E-state index in [1.165, 1.54) is 0 Å². The summed E-state index contributed by atoms with van der Waals surface area (Å²) in [6.07, 6.45) is 3.59. The topological polar surface area (TPSA) is 48.1 Å². The molecular formula is C16H14N2OS. The minimum Gasteiger partial charge on any atom is -0.496 e. The summed E-state index contributed by atoms with van der Waals surface area (Å²) in [6.45, 7) is 0. The number of para-hydroxylation sites is 1. The Hall–Kier alpha value is -2.20. The van der Waals surface area contributed by atoms with Crippen molar-refractivity contribution in [3.8, 4) is 5.75 Å². The molecule has 0 radical (unpaired) electrons. The third kappa shape index (κ3) is 2.30. The number of anilines is 1. The summed E-state index contributed by atoms with van der Waals surface area (Å²) in [6, 6.07) is 13.9. The van der Waals surface area contributed by atoms with Gasteiger partial charge < -0.3 is 10.5 Å². The first-order valence-corrected chi connectivity index (χ1v) is 7.04. The standard InChI is InChI=1S/C16H14N2OS/c1-19-14-4-2-3-5-16(14)20-15-7-6-13(17)12-10-18-9-8-11(12)15/h2-10H,17H2,1H3. The Balaban J connectivity index is 2.09. The van der Waals surface area contributed by atoms with Crippen LogP contribution in [0.25, 0.3) is 10.8 Å². The zero-order chi connectivity index (χ0) is 13.9. The van der Waals surface area contributed by atoms with E-state index in [4.69, 9.17) is 10.5 Å². The molecule has 1 heterocycles. The summed E-state index contributed by atoms with van der Waals surface area (Å²) in [5.74, 6) is 0.872. The molecule has 0 aliphatic heterocycles. The van der Waals surface area contributed by atoms with Gasteiger partial charge in [-0.3, -0.25) is 4.98 Å². The fourth-order valence-electron chi connectivity index (χ4n) is 2.09. The molecule has 0 saturated heterocycles. The molecular weight excluding hydrogens is 268 g/mol. The molecule has 0 saturated carbocycles. The number of pyridine rings is 1. The van der Waals surface area contributed by atoms with Crippen molar-refractivity contribution in [3.05, 3.63) is 54.9 Å². The molecule has 0 amide bonds. The van der Waals surface area contributed by atoms with Gasteiger partial charge in [0.05, 0.1) is 12.0 Å². The normalized spacial score (nSPS) is 10.7. The van der Waals surface area contributed by atoms with E-state index < -0.39 is 0 Å². The zero-order valence-electron chi connectivity index (χ0n) is 11.0. The largest absolute Gasteiger partial charge is 0.496 e. The smallest absolute Gasteiger partial charge is 0.132 e. The lowest BCUT2D eigenvalue weighted by Gasteiger charge is -2.10. The van der Waals surface area contributed by atoms with Crippen LogP contribution < -0.4 is 10.5 Å². The Morgan fingerprint density at radius 2 is 1.85 bits per heavy atom. The number of nitrogens with two attached hydrogens (primary N) is 1. The Morgan fingerprint density at radius 1 is 1.00 bits per heavy atom. The van der Waals surface area contributed by atoms with Crippen LogP contribution in [-0.4, -0.2) is 12.1 Å². The molecule has 0 aliphatic rings. The summed E-state index contributed by atoms with van der Waals surface area (Å²) in [4.78, 5) is 6.36. The quantitative estimate of drug-likeness (QED) is 0.738. The van der Waals surface area contributed by atoms with Crippen molar-refractivity contribution in [1.29, 1.82) is 0 Å². The number of fused-ring (bicyclic) bond motifs is 1. The second-order valence-electron chi connectivity index (χ2n) is 4.33. The van der Waals surface area contributed by atoms with Gasteiger partial charge in [-0.2, -0.15) is 0 Å². The van der Waals surface area contributed by atoms with Crippen LogP contribution >= 0.6 is 11.8 Å². The van der Waals surface area contributed by atoms with Crippen molar-refractivity contribution in [2.24, 2.45) is 0 Å². The summed E-state index contributed by atoms with van der Waals surface area (Å²) >= 11 is 1.67. The van der Waals surface area contributed by atoms with Crippen molar-refractivity contribution < 1.29 is 4.74 Å². The van der Waals surface area contributed by atoms with E-state index in [0.717, 1.165) is 32.0 Å². The molecule has 20 heavy (non-hydrogen) atoms. The van der Waals surface area contributed by atoms with Gasteiger partial charge in [-0.1, -0.05) is 23.9 Å². The number of hydrogen-bond donors (Lipinski definition) is 1. The van der Waals surface area contributed by atoms with E-state index >= 15 is 0 Å². The van der Waals surface area contributed by atoms with Crippen molar-refractivity contribution in [1.82, 2.24) is 4.98 Å². The van der Waals surface area contributed by atoms with Gasteiger partial charge in [0.2, 0.25) is 0 Å². The molecule has 3 nitrogen and oxygen atoms in total. The number of benzene rings is 2. The van der Waals surface area contributed by atoms with Crippen molar-refractivity contribution in [2.75, 3.05) is 12.8 Å².